The van der Waals surface area contributed by atoms with Crippen molar-refractivity contribution in [2.24, 2.45) is 57.2 Å². The molecule has 0 amide bonds. The minimum atomic E-state index is -0.329. The molecule has 5 rings (SSSR count). The van der Waals surface area contributed by atoms with E-state index in [4.69, 9.17) is 0 Å². The van der Waals surface area contributed by atoms with Crippen LogP contribution in [0.4, 0.5) is 0 Å². The highest BCUT2D eigenvalue weighted by atomic mass is 16.3. The summed E-state index contributed by atoms with van der Waals surface area (Å²) >= 11 is 0. The predicted molar refractivity (Wildman–Crippen MR) is 132 cm³/mol. The summed E-state index contributed by atoms with van der Waals surface area (Å²) in [5.41, 5.74) is 2.58. The van der Waals surface area contributed by atoms with Gasteiger partial charge in [-0.05, 0) is 128 Å². The molecule has 2 nitrogen and oxygen atoms in total. The maximum atomic E-state index is 10.9. The SMILES string of the molecule is C=C(C)C(O)CCC(C)C1CCC2C3CCC4C(C)(C)C(O)CCC45C(C)C35CCC12C. The molecule has 0 aliphatic heterocycles. The van der Waals surface area contributed by atoms with Crippen LogP contribution in [-0.2, 0) is 0 Å². The Morgan fingerprint density at radius 1 is 0.938 bits per heavy atom. The fourth-order valence-corrected chi connectivity index (χ4v) is 11.5. The molecule has 32 heavy (non-hydrogen) atoms. The summed E-state index contributed by atoms with van der Waals surface area (Å²) in [6.45, 7) is 18.4. The fraction of sp³-hybridized carbons (Fsp3) is 0.933. The van der Waals surface area contributed by atoms with E-state index >= 15 is 0 Å². The van der Waals surface area contributed by atoms with Crippen molar-refractivity contribution in [1.29, 1.82) is 0 Å². The lowest BCUT2D eigenvalue weighted by Crippen LogP contribution is -2.54. The Kier molecular flexibility index (Phi) is 5.36. The molecule has 0 bridgehead atoms. The molecule has 0 aromatic rings. The number of hydrogen-bond donors (Lipinski definition) is 2. The Balaban J connectivity index is 1.37. The van der Waals surface area contributed by atoms with E-state index in [2.05, 4.69) is 41.2 Å². The second-order valence-electron chi connectivity index (χ2n) is 14.1. The summed E-state index contributed by atoms with van der Waals surface area (Å²) in [7, 11) is 0. The number of aliphatic hydroxyl groups excluding tert-OH is 2. The molecular weight excluding hydrogens is 392 g/mol. The molecule has 5 aliphatic carbocycles. The minimum Gasteiger partial charge on any atom is -0.393 e. The standard InChI is InChI=1S/C30H50O2/c1-18(2)24(31)12-8-19(3)21-9-10-22-23-11-13-25-27(5,6)26(32)14-15-30(25)20(4)29(23,30)17-16-28(21,22)7/h19-26,31-32H,1,8-17H2,2-7H3. The lowest BCUT2D eigenvalue weighted by Gasteiger charge is -2.59. The highest BCUT2D eigenvalue weighted by molar-refractivity contribution is 5.31. The van der Waals surface area contributed by atoms with Crippen LogP contribution in [0, 0.1) is 57.2 Å². The van der Waals surface area contributed by atoms with Crippen LogP contribution in [0.1, 0.15) is 106 Å². The quantitative estimate of drug-likeness (QED) is 0.450. The van der Waals surface area contributed by atoms with Gasteiger partial charge in [0.1, 0.15) is 0 Å². The molecule has 5 fully saturated rings. The average molecular weight is 443 g/mol. The van der Waals surface area contributed by atoms with Crippen LogP contribution < -0.4 is 0 Å². The highest BCUT2D eigenvalue weighted by Crippen LogP contribution is 2.89. The van der Waals surface area contributed by atoms with Gasteiger partial charge in [0.05, 0.1) is 12.2 Å². The monoisotopic (exact) mass is 442 g/mol. The first-order valence-corrected chi connectivity index (χ1v) is 14.0. The Morgan fingerprint density at radius 2 is 1.62 bits per heavy atom. The molecule has 0 aromatic heterocycles. The van der Waals surface area contributed by atoms with Crippen LogP contribution in [0.5, 0.6) is 0 Å². The number of aliphatic hydroxyl groups is 2. The zero-order chi connectivity index (χ0) is 23.3. The fourth-order valence-electron chi connectivity index (χ4n) is 11.5. The molecule has 0 heterocycles. The van der Waals surface area contributed by atoms with Crippen molar-refractivity contribution in [3.05, 3.63) is 12.2 Å². The Bertz CT molecular complexity index is 771. The van der Waals surface area contributed by atoms with E-state index in [0.29, 0.717) is 28.1 Å². The molecule has 5 saturated carbocycles. The maximum absolute atomic E-state index is 10.9. The smallest absolute Gasteiger partial charge is 0.0744 e. The Hall–Kier alpha value is -0.340. The Labute approximate surface area is 197 Å². The van der Waals surface area contributed by atoms with Crippen LogP contribution in [0.15, 0.2) is 12.2 Å². The number of rotatable bonds is 5. The first-order valence-electron chi connectivity index (χ1n) is 14.0. The second-order valence-corrected chi connectivity index (χ2v) is 14.1. The van der Waals surface area contributed by atoms with Gasteiger partial charge in [-0.1, -0.05) is 46.8 Å². The highest BCUT2D eigenvalue weighted by Gasteiger charge is 2.84. The zero-order valence-electron chi connectivity index (χ0n) is 21.8. The summed E-state index contributed by atoms with van der Waals surface area (Å²) in [6.07, 6.45) is 12.3. The van der Waals surface area contributed by atoms with Gasteiger partial charge in [0.15, 0.2) is 0 Å². The first kappa shape index (κ1) is 23.4. The first-order chi connectivity index (χ1) is 14.9. The van der Waals surface area contributed by atoms with E-state index in [1.807, 2.05) is 6.92 Å². The molecule has 0 aromatic carbocycles. The molecule has 2 spiro atoms. The van der Waals surface area contributed by atoms with Crippen LogP contribution >= 0.6 is 0 Å². The van der Waals surface area contributed by atoms with Crippen molar-refractivity contribution in [3.8, 4) is 0 Å². The van der Waals surface area contributed by atoms with E-state index in [1.165, 1.54) is 44.9 Å². The molecule has 182 valence electrons. The van der Waals surface area contributed by atoms with Crippen molar-refractivity contribution in [2.45, 2.75) is 118 Å². The molecule has 11 atom stereocenters. The van der Waals surface area contributed by atoms with Crippen molar-refractivity contribution in [1.82, 2.24) is 0 Å². The van der Waals surface area contributed by atoms with Crippen LogP contribution in [0.3, 0.4) is 0 Å². The lowest BCUT2D eigenvalue weighted by atomic mass is 9.46. The third kappa shape index (κ3) is 2.72. The van der Waals surface area contributed by atoms with E-state index < -0.39 is 0 Å². The van der Waals surface area contributed by atoms with E-state index in [1.54, 1.807) is 0 Å². The maximum Gasteiger partial charge on any atom is 0.0744 e. The Morgan fingerprint density at radius 3 is 2.31 bits per heavy atom. The van der Waals surface area contributed by atoms with Gasteiger partial charge in [-0.2, -0.15) is 0 Å². The van der Waals surface area contributed by atoms with Crippen LogP contribution in [0.25, 0.3) is 0 Å². The normalized spacial score (nSPS) is 52.8. The topological polar surface area (TPSA) is 40.5 Å². The summed E-state index contributed by atoms with van der Waals surface area (Å²) in [6, 6.07) is 0. The molecule has 0 radical (unpaired) electrons. The number of hydrogen-bond acceptors (Lipinski definition) is 2. The van der Waals surface area contributed by atoms with Gasteiger partial charge in [-0.15, -0.1) is 0 Å². The van der Waals surface area contributed by atoms with E-state index in [-0.39, 0.29) is 17.6 Å². The van der Waals surface area contributed by atoms with Gasteiger partial charge < -0.3 is 10.2 Å². The van der Waals surface area contributed by atoms with Gasteiger partial charge in [-0.25, -0.2) is 0 Å². The van der Waals surface area contributed by atoms with E-state index in [9.17, 15) is 10.2 Å². The van der Waals surface area contributed by atoms with Gasteiger partial charge in [-0.3, -0.25) is 0 Å². The van der Waals surface area contributed by atoms with Gasteiger partial charge >= 0.3 is 0 Å². The average Bonchev–Trinajstić information content (AvgIpc) is 3.06. The third-order valence-electron chi connectivity index (χ3n) is 13.2. The predicted octanol–water partition coefficient (Wildman–Crippen LogP) is 7.00. The molecule has 5 aliphatic rings. The lowest BCUT2D eigenvalue weighted by molar-refractivity contribution is -0.133. The largest absolute Gasteiger partial charge is 0.393 e. The molecule has 2 N–H and O–H groups in total. The van der Waals surface area contributed by atoms with Crippen molar-refractivity contribution in [2.75, 3.05) is 0 Å². The summed E-state index contributed by atoms with van der Waals surface area (Å²) in [5.74, 6) is 4.89. The summed E-state index contributed by atoms with van der Waals surface area (Å²) < 4.78 is 0. The molecule has 0 saturated heterocycles. The molecular formula is C30H50O2. The molecule has 2 heteroatoms. The van der Waals surface area contributed by atoms with Crippen LogP contribution in [0.2, 0.25) is 0 Å². The van der Waals surface area contributed by atoms with Gasteiger partial charge in [0, 0.05) is 0 Å². The van der Waals surface area contributed by atoms with Crippen molar-refractivity contribution < 1.29 is 10.2 Å². The minimum absolute atomic E-state index is 0.0819. The third-order valence-corrected chi connectivity index (χ3v) is 13.2. The second kappa shape index (κ2) is 7.33. The van der Waals surface area contributed by atoms with Gasteiger partial charge in [0.2, 0.25) is 0 Å². The van der Waals surface area contributed by atoms with Crippen molar-refractivity contribution >= 4 is 0 Å². The van der Waals surface area contributed by atoms with Crippen molar-refractivity contribution in [3.63, 3.8) is 0 Å². The zero-order valence-corrected chi connectivity index (χ0v) is 21.8. The van der Waals surface area contributed by atoms with Crippen LogP contribution in [-0.4, -0.2) is 22.4 Å². The number of fused-ring (bicyclic) bond motifs is 2. The summed E-state index contributed by atoms with van der Waals surface area (Å²) in [4.78, 5) is 0. The van der Waals surface area contributed by atoms with E-state index in [0.717, 1.165) is 48.5 Å². The summed E-state index contributed by atoms with van der Waals surface area (Å²) in [5, 5.41) is 21.2. The van der Waals surface area contributed by atoms with Gasteiger partial charge in [0.25, 0.3) is 0 Å². The molecule has 11 unspecified atom stereocenters.